The van der Waals surface area contributed by atoms with Gasteiger partial charge >= 0.3 is 11.9 Å². The highest BCUT2D eigenvalue weighted by atomic mass is 16.6. The van der Waals surface area contributed by atoms with Gasteiger partial charge in [0.05, 0.1) is 0 Å². The molecule has 4 nitrogen and oxygen atoms in total. The number of hydrogen-bond donors (Lipinski definition) is 0. The van der Waals surface area contributed by atoms with E-state index in [1.165, 1.54) is 13.8 Å². The smallest absolute Gasteiger partial charge is 0.303 e. The van der Waals surface area contributed by atoms with Crippen LogP contribution in [0.15, 0.2) is 0 Å². The van der Waals surface area contributed by atoms with Crippen molar-refractivity contribution in [2.24, 2.45) is 11.8 Å². The first-order valence-corrected chi connectivity index (χ1v) is 6.59. The molecule has 1 rings (SSSR count). The third kappa shape index (κ3) is 4.00. The lowest BCUT2D eigenvalue weighted by Gasteiger charge is -2.42. The van der Waals surface area contributed by atoms with Crippen LogP contribution in [0.4, 0.5) is 0 Å². The monoisotopic (exact) mass is 256 g/mol. The predicted octanol–water partition coefficient (Wildman–Crippen LogP) is 2.70. The highest BCUT2D eigenvalue weighted by Crippen LogP contribution is 2.39. The van der Waals surface area contributed by atoms with Gasteiger partial charge in [0.15, 0.2) is 0 Å². The maximum absolute atomic E-state index is 11.2. The Kier molecular flexibility index (Phi) is 4.77. The van der Waals surface area contributed by atoms with E-state index in [1.807, 2.05) is 13.8 Å². The molecule has 0 aromatic heterocycles. The van der Waals surface area contributed by atoms with Crippen molar-refractivity contribution in [2.75, 3.05) is 0 Å². The summed E-state index contributed by atoms with van der Waals surface area (Å²) in [5, 5.41) is 0. The average molecular weight is 256 g/mol. The summed E-state index contributed by atoms with van der Waals surface area (Å²) in [6.45, 7) is 8.78. The molecule has 3 unspecified atom stereocenters. The van der Waals surface area contributed by atoms with E-state index in [0.29, 0.717) is 5.92 Å². The summed E-state index contributed by atoms with van der Waals surface area (Å²) >= 11 is 0. The molecule has 4 heteroatoms. The van der Waals surface area contributed by atoms with Crippen LogP contribution in [0.2, 0.25) is 0 Å². The summed E-state index contributed by atoms with van der Waals surface area (Å²) in [6.07, 6.45) is 2.68. The molecule has 0 radical (unpaired) electrons. The largest absolute Gasteiger partial charge is 0.462 e. The van der Waals surface area contributed by atoms with Crippen LogP contribution in [0.5, 0.6) is 0 Å². The lowest BCUT2D eigenvalue weighted by Crippen LogP contribution is -2.47. The maximum Gasteiger partial charge on any atom is 0.303 e. The molecule has 0 N–H and O–H groups in total. The fraction of sp³-hybridized carbons (Fsp3) is 0.857. The molecule has 1 fully saturated rings. The second-order valence-electron chi connectivity index (χ2n) is 5.87. The number of hydrogen-bond acceptors (Lipinski definition) is 4. The first kappa shape index (κ1) is 15.0. The standard InChI is InChI=1S/C14H24O4/c1-9-6-7-12(13(8-9)17-10(2)15)14(4,5)18-11(3)16/h9,12-13H,6-8H2,1-5H3. The third-order valence-corrected chi connectivity index (χ3v) is 3.67. The molecule has 0 saturated heterocycles. The van der Waals surface area contributed by atoms with E-state index in [0.717, 1.165) is 19.3 Å². The molecular formula is C14H24O4. The van der Waals surface area contributed by atoms with Gasteiger partial charge in [-0.05, 0) is 32.6 Å². The molecule has 0 amide bonds. The van der Waals surface area contributed by atoms with Gasteiger partial charge in [0.1, 0.15) is 11.7 Å². The highest BCUT2D eigenvalue weighted by Gasteiger charge is 2.42. The molecule has 104 valence electrons. The zero-order chi connectivity index (χ0) is 13.9. The van der Waals surface area contributed by atoms with Crippen LogP contribution in [0, 0.1) is 11.8 Å². The lowest BCUT2D eigenvalue weighted by atomic mass is 9.73. The number of rotatable bonds is 3. The Morgan fingerprint density at radius 3 is 2.22 bits per heavy atom. The topological polar surface area (TPSA) is 52.6 Å². The zero-order valence-corrected chi connectivity index (χ0v) is 12.0. The van der Waals surface area contributed by atoms with Crippen LogP contribution in [0.1, 0.15) is 53.9 Å². The van der Waals surface area contributed by atoms with Gasteiger partial charge in [0, 0.05) is 19.8 Å². The molecule has 1 saturated carbocycles. The fourth-order valence-electron chi connectivity index (χ4n) is 2.91. The van der Waals surface area contributed by atoms with Gasteiger partial charge in [0.2, 0.25) is 0 Å². The van der Waals surface area contributed by atoms with Crippen molar-refractivity contribution in [3.05, 3.63) is 0 Å². The molecule has 0 heterocycles. The zero-order valence-electron chi connectivity index (χ0n) is 12.0. The first-order chi connectivity index (χ1) is 8.22. The third-order valence-electron chi connectivity index (χ3n) is 3.67. The van der Waals surface area contributed by atoms with E-state index >= 15 is 0 Å². The average Bonchev–Trinajstić information content (AvgIpc) is 2.13. The molecule has 18 heavy (non-hydrogen) atoms. The van der Waals surface area contributed by atoms with Gasteiger partial charge in [0.25, 0.3) is 0 Å². The molecule has 3 atom stereocenters. The first-order valence-electron chi connectivity index (χ1n) is 6.59. The van der Waals surface area contributed by atoms with Crippen LogP contribution in [0.3, 0.4) is 0 Å². The number of carbonyl (C=O) groups is 2. The Labute approximate surface area is 109 Å². The molecule has 0 spiro atoms. The summed E-state index contributed by atoms with van der Waals surface area (Å²) in [5.41, 5.74) is -0.591. The normalized spacial score (nSPS) is 28.6. The van der Waals surface area contributed by atoms with Crippen molar-refractivity contribution in [1.29, 1.82) is 0 Å². The Morgan fingerprint density at radius 1 is 1.11 bits per heavy atom. The van der Waals surface area contributed by atoms with Gasteiger partial charge in [-0.25, -0.2) is 0 Å². The quantitative estimate of drug-likeness (QED) is 0.728. The second-order valence-corrected chi connectivity index (χ2v) is 5.87. The van der Waals surface area contributed by atoms with Crippen molar-refractivity contribution < 1.29 is 19.1 Å². The molecule has 1 aliphatic carbocycles. The van der Waals surface area contributed by atoms with Crippen molar-refractivity contribution in [1.82, 2.24) is 0 Å². The van der Waals surface area contributed by atoms with Crippen molar-refractivity contribution in [2.45, 2.75) is 65.6 Å². The van der Waals surface area contributed by atoms with Crippen LogP contribution >= 0.6 is 0 Å². The van der Waals surface area contributed by atoms with Crippen LogP contribution in [0.25, 0.3) is 0 Å². The Balaban J connectivity index is 2.81. The molecule has 0 aromatic carbocycles. The Hall–Kier alpha value is -1.06. The van der Waals surface area contributed by atoms with Crippen LogP contribution in [-0.4, -0.2) is 23.6 Å². The molecule has 1 aliphatic rings. The Morgan fingerprint density at radius 2 is 1.72 bits per heavy atom. The lowest BCUT2D eigenvalue weighted by molar-refractivity contribution is -0.175. The van der Waals surface area contributed by atoms with Crippen molar-refractivity contribution >= 4 is 11.9 Å². The van der Waals surface area contributed by atoms with E-state index in [1.54, 1.807) is 0 Å². The van der Waals surface area contributed by atoms with E-state index in [9.17, 15) is 9.59 Å². The molecule has 0 aliphatic heterocycles. The van der Waals surface area contributed by atoms with Gasteiger partial charge in [-0.15, -0.1) is 0 Å². The molecular weight excluding hydrogens is 232 g/mol. The molecule has 0 bridgehead atoms. The van der Waals surface area contributed by atoms with Crippen molar-refractivity contribution in [3.8, 4) is 0 Å². The van der Waals surface area contributed by atoms with Crippen LogP contribution in [-0.2, 0) is 19.1 Å². The van der Waals surface area contributed by atoms with Gasteiger partial charge in [-0.1, -0.05) is 13.3 Å². The Bertz CT molecular complexity index is 322. The fourth-order valence-corrected chi connectivity index (χ4v) is 2.91. The predicted molar refractivity (Wildman–Crippen MR) is 67.9 cm³/mol. The van der Waals surface area contributed by atoms with Gasteiger partial charge < -0.3 is 9.47 Å². The van der Waals surface area contributed by atoms with E-state index in [-0.39, 0.29) is 24.0 Å². The minimum absolute atomic E-state index is 0.0708. The molecule has 0 aromatic rings. The van der Waals surface area contributed by atoms with Gasteiger partial charge in [-0.2, -0.15) is 0 Å². The summed E-state index contributed by atoms with van der Waals surface area (Å²) in [7, 11) is 0. The van der Waals surface area contributed by atoms with Crippen molar-refractivity contribution in [3.63, 3.8) is 0 Å². The number of carbonyl (C=O) groups excluding carboxylic acids is 2. The van der Waals surface area contributed by atoms with E-state index < -0.39 is 5.60 Å². The number of esters is 2. The summed E-state index contributed by atoms with van der Waals surface area (Å²) in [6, 6.07) is 0. The minimum Gasteiger partial charge on any atom is -0.462 e. The second kappa shape index (κ2) is 5.72. The minimum atomic E-state index is -0.591. The highest BCUT2D eigenvalue weighted by molar-refractivity contribution is 5.67. The summed E-state index contributed by atoms with van der Waals surface area (Å²) in [4.78, 5) is 22.3. The van der Waals surface area contributed by atoms with E-state index in [2.05, 4.69) is 6.92 Å². The maximum atomic E-state index is 11.2. The SMILES string of the molecule is CC(=O)OC1CC(C)CCC1C(C)(C)OC(C)=O. The van der Waals surface area contributed by atoms with Crippen LogP contribution < -0.4 is 0 Å². The van der Waals surface area contributed by atoms with E-state index in [4.69, 9.17) is 9.47 Å². The number of ether oxygens (including phenoxy) is 2. The van der Waals surface area contributed by atoms with Gasteiger partial charge in [-0.3, -0.25) is 9.59 Å². The summed E-state index contributed by atoms with van der Waals surface area (Å²) < 4.78 is 10.8. The summed E-state index contributed by atoms with van der Waals surface area (Å²) in [5.74, 6) is 0.0538.